The quantitative estimate of drug-likeness (QED) is 0.684. The van der Waals surface area contributed by atoms with Crippen molar-refractivity contribution in [2.45, 2.75) is 51.1 Å². The van der Waals surface area contributed by atoms with Crippen LogP contribution in [0.3, 0.4) is 0 Å². The average molecular weight is 444 g/mol. The molecular formula is C23H29N3O4S. The zero-order valence-corrected chi connectivity index (χ0v) is 18.7. The van der Waals surface area contributed by atoms with Gasteiger partial charge in [-0.3, -0.25) is 13.9 Å². The maximum atomic E-state index is 13.0. The van der Waals surface area contributed by atoms with Gasteiger partial charge in [-0.2, -0.15) is 0 Å². The van der Waals surface area contributed by atoms with Gasteiger partial charge in [0, 0.05) is 6.04 Å². The summed E-state index contributed by atoms with van der Waals surface area (Å²) in [5.74, 6) is -0.759. The number of para-hydroxylation sites is 2. The Morgan fingerprint density at radius 3 is 2.23 bits per heavy atom. The number of nitrogens with zero attached hydrogens (tertiary/aromatic N) is 1. The maximum Gasteiger partial charge on any atom is 0.253 e. The number of carbonyl (C=O) groups is 2. The zero-order chi connectivity index (χ0) is 22.4. The average Bonchev–Trinajstić information content (AvgIpc) is 2.74. The first kappa shape index (κ1) is 22.8. The summed E-state index contributed by atoms with van der Waals surface area (Å²) in [7, 11) is -3.71. The number of anilines is 2. The second kappa shape index (κ2) is 9.96. The van der Waals surface area contributed by atoms with Gasteiger partial charge < -0.3 is 10.6 Å². The van der Waals surface area contributed by atoms with Crippen molar-refractivity contribution >= 4 is 33.2 Å². The van der Waals surface area contributed by atoms with Crippen LogP contribution < -0.4 is 14.9 Å². The van der Waals surface area contributed by atoms with Gasteiger partial charge in [-0.1, -0.05) is 49.6 Å². The lowest BCUT2D eigenvalue weighted by molar-refractivity contribution is -0.116. The molecule has 1 fully saturated rings. The van der Waals surface area contributed by atoms with Gasteiger partial charge in [0.05, 0.1) is 23.2 Å². The monoisotopic (exact) mass is 443 g/mol. The fourth-order valence-corrected chi connectivity index (χ4v) is 5.10. The highest BCUT2D eigenvalue weighted by Crippen LogP contribution is 2.23. The summed E-state index contributed by atoms with van der Waals surface area (Å²) in [6.45, 7) is 1.52. The van der Waals surface area contributed by atoms with Gasteiger partial charge >= 0.3 is 0 Å². The van der Waals surface area contributed by atoms with Gasteiger partial charge in [0.2, 0.25) is 15.9 Å². The van der Waals surface area contributed by atoms with Crippen LogP contribution in [0, 0.1) is 0 Å². The lowest BCUT2D eigenvalue weighted by Gasteiger charge is -2.28. The SMILES string of the molecule is C[C@@H](C(=O)Nc1ccccc1C(=O)NC1CCCCC1)N(c1ccccc1)S(C)(=O)=O. The van der Waals surface area contributed by atoms with E-state index in [0.29, 0.717) is 16.9 Å². The number of carbonyl (C=O) groups excluding carboxylic acids is 2. The molecule has 0 bridgehead atoms. The summed E-state index contributed by atoms with van der Waals surface area (Å²) in [6.07, 6.45) is 6.36. The molecule has 7 nitrogen and oxygen atoms in total. The van der Waals surface area contributed by atoms with Crippen molar-refractivity contribution in [1.29, 1.82) is 0 Å². The first-order chi connectivity index (χ1) is 14.8. The van der Waals surface area contributed by atoms with Crippen molar-refractivity contribution in [2.75, 3.05) is 15.9 Å². The first-order valence-electron chi connectivity index (χ1n) is 10.5. The Kier molecular flexibility index (Phi) is 7.33. The Bertz CT molecular complexity index is 1020. The maximum absolute atomic E-state index is 13.0. The Labute approximate surface area is 183 Å². The Morgan fingerprint density at radius 1 is 0.968 bits per heavy atom. The lowest BCUT2D eigenvalue weighted by atomic mass is 9.95. The summed E-state index contributed by atoms with van der Waals surface area (Å²) >= 11 is 0. The van der Waals surface area contributed by atoms with Gasteiger partial charge in [-0.15, -0.1) is 0 Å². The van der Waals surface area contributed by atoms with Crippen LogP contribution in [-0.4, -0.2) is 38.6 Å². The first-order valence-corrected chi connectivity index (χ1v) is 12.4. The molecule has 0 heterocycles. The number of hydrogen-bond acceptors (Lipinski definition) is 4. The predicted octanol–water partition coefficient (Wildman–Crippen LogP) is 3.54. The van der Waals surface area contributed by atoms with E-state index in [1.54, 1.807) is 54.6 Å². The topological polar surface area (TPSA) is 95.6 Å². The molecule has 2 N–H and O–H groups in total. The molecule has 1 aliphatic rings. The molecule has 0 aliphatic heterocycles. The van der Waals surface area contributed by atoms with Crippen LogP contribution in [0.4, 0.5) is 11.4 Å². The minimum absolute atomic E-state index is 0.141. The van der Waals surface area contributed by atoms with Crippen LogP contribution in [0.25, 0.3) is 0 Å². The molecule has 2 aromatic rings. The van der Waals surface area contributed by atoms with E-state index in [1.165, 1.54) is 13.3 Å². The van der Waals surface area contributed by atoms with Crippen LogP contribution >= 0.6 is 0 Å². The molecule has 2 aromatic carbocycles. The van der Waals surface area contributed by atoms with E-state index in [2.05, 4.69) is 10.6 Å². The molecule has 0 unspecified atom stereocenters. The van der Waals surface area contributed by atoms with Crippen LogP contribution in [0.1, 0.15) is 49.4 Å². The van der Waals surface area contributed by atoms with E-state index in [1.807, 2.05) is 0 Å². The molecule has 3 rings (SSSR count). The van der Waals surface area contributed by atoms with Crippen molar-refractivity contribution in [3.63, 3.8) is 0 Å². The normalized spacial score (nSPS) is 15.7. The fourth-order valence-electron chi connectivity index (χ4n) is 3.92. The third-order valence-electron chi connectivity index (χ3n) is 5.47. The third-order valence-corrected chi connectivity index (χ3v) is 6.71. The van der Waals surface area contributed by atoms with Crippen molar-refractivity contribution < 1.29 is 18.0 Å². The van der Waals surface area contributed by atoms with Gasteiger partial charge in [0.1, 0.15) is 6.04 Å². The van der Waals surface area contributed by atoms with Crippen molar-refractivity contribution in [2.24, 2.45) is 0 Å². The van der Waals surface area contributed by atoms with Crippen molar-refractivity contribution in [1.82, 2.24) is 5.32 Å². The number of sulfonamides is 1. The molecule has 1 saturated carbocycles. The molecule has 31 heavy (non-hydrogen) atoms. The van der Waals surface area contributed by atoms with E-state index in [0.717, 1.165) is 36.2 Å². The third kappa shape index (κ3) is 5.85. The number of nitrogens with one attached hydrogen (secondary N) is 2. The minimum atomic E-state index is -3.71. The summed E-state index contributed by atoms with van der Waals surface area (Å²) in [5.41, 5.74) is 1.12. The lowest BCUT2D eigenvalue weighted by Crippen LogP contribution is -2.45. The number of hydrogen-bond donors (Lipinski definition) is 2. The number of rotatable bonds is 7. The van der Waals surface area contributed by atoms with Gasteiger partial charge in [0.25, 0.3) is 5.91 Å². The Morgan fingerprint density at radius 2 is 1.58 bits per heavy atom. The van der Waals surface area contributed by atoms with Crippen LogP contribution in [-0.2, 0) is 14.8 Å². The number of benzene rings is 2. The standard InChI is InChI=1S/C23H29N3O4S/c1-17(26(31(2,29)30)19-13-7-4-8-14-19)22(27)25-21-16-10-9-15-20(21)23(28)24-18-11-5-3-6-12-18/h4,7-10,13-18H,3,5-6,11-12H2,1-2H3,(H,24,28)(H,25,27)/t17-/m0/s1. The molecule has 0 spiro atoms. The van der Waals surface area contributed by atoms with Crippen molar-refractivity contribution in [3.8, 4) is 0 Å². The van der Waals surface area contributed by atoms with E-state index in [9.17, 15) is 18.0 Å². The van der Waals surface area contributed by atoms with E-state index in [-0.39, 0.29) is 11.9 Å². The molecule has 8 heteroatoms. The Balaban J connectivity index is 1.78. The van der Waals surface area contributed by atoms with Gasteiger partial charge in [-0.05, 0) is 44.0 Å². The summed E-state index contributed by atoms with van der Waals surface area (Å²) in [5, 5.41) is 5.80. The smallest absolute Gasteiger partial charge is 0.253 e. The van der Waals surface area contributed by atoms with E-state index in [4.69, 9.17) is 0 Å². The van der Waals surface area contributed by atoms with Crippen molar-refractivity contribution in [3.05, 3.63) is 60.2 Å². The molecule has 0 radical (unpaired) electrons. The zero-order valence-electron chi connectivity index (χ0n) is 17.9. The summed E-state index contributed by atoms with van der Waals surface area (Å²) < 4.78 is 25.9. The highest BCUT2D eigenvalue weighted by atomic mass is 32.2. The second-order valence-electron chi connectivity index (χ2n) is 7.91. The molecule has 0 aromatic heterocycles. The molecule has 166 valence electrons. The second-order valence-corrected chi connectivity index (χ2v) is 9.77. The molecule has 1 atom stereocenters. The molecule has 0 saturated heterocycles. The van der Waals surface area contributed by atoms with Crippen LogP contribution in [0.5, 0.6) is 0 Å². The Hall–Kier alpha value is -2.87. The van der Waals surface area contributed by atoms with E-state index >= 15 is 0 Å². The predicted molar refractivity (Wildman–Crippen MR) is 123 cm³/mol. The minimum Gasteiger partial charge on any atom is -0.349 e. The largest absolute Gasteiger partial charge is 0.349 e. The van der Waals surface area contributed by atoms with Gasteiger partial charge in [0.15, 0.2) is 0 Å². The number of amides is 2. The molecule has 2 amide bonds. The van der Waals surface area contributed by atoms with Crippen LogP contribution in [0.15, 0.2) is 54.6 Å². The summed E-state index contributed by atoms with van der Waals surface area (Å²) in [4.78, 5) is 25.8. The van der Waals surface area contributed by atoms with Crippen LogP contribution in [0.2, 0.25) is 0 Å². The highest BCUT2D eigenvalue weighted by Gasteiger charge is 2.29. The molecular weight excluding hydrogens is 414 g/mol. The van der Waals surface area contributed by atoms with Gasteiger partial charge in [-0.25, -0.2) is 8.42 Å². The summed E-state index contributed by atoms with van der Waals surface area (Å²) in [6, 6.07) is 14.4. The van der Waals surface area contributed by atoms with E-state index < -0.39 is 22.0 Å². The fraction of sp³-hybridized carbons (Fsp3) is 0.391. The highest BCUT2D eigenvalue weighted by molar-refractivity contribution is 7.92. The molecule has 1 aliphatic carbocycles.